The molecule has 1 aliphatic heterocycles. The van der Waals surface area contributed by atoms with E-state index >= 15 is 0 Å². The molecule has 52 heavy (non-hydrogen) atoms. The number of ether oxygens (including phenoxy) is 1. The lowest BCUT2D eigenvalue weighted by molar-refractivity contribution is -0.139. The first-order valence-electron chi connectivity index (χ1n) is 17.7. The number of amides is 8. The number of imide groups is 1. The highest BCUT2D eigenvalue weighted by Gasteiger charge is 2.35. The molecule has 8 amide bonds. The molecule has 0 saturated carbocycles. The number of likely N-dealkylation sites (N-methyl/N-ethyl adjacent to an activating group) is 1. The molecule has 1 fully saturated rings. The van der Waals surface area contributed by atoms with E-state index in [1.54, 1.807) is 45.0 Å². The SMILES string of the molecule is CC(C)CC(NC(=O)CCCCCN1C(=O)CC(C)C1=O)C(=O)NC(C)C(=O)NCC(=O)Nc1ccc(COC(=O)N(C)C(C(N)=O)C(C)C)cc1. The van der Waals surface area contributed by atoms with Crippen LogP contribution in [0.1, 0.15) is 85.6 Å². The second-order valence-corrected chi connectivity index (χ2v) is 14.0. The molecule has 16 heteroatoms. The molecule has 1 aromatic carbocycles. The number of likely N-dealkylation sites (tertiary alicyclic amines) is 1. The van der Waals surface area contributed by atoms with Crippen LogP contribution in [0.25, 0.3) is 0 Å². The number of benzene rings is 1. The minimum Gasteiger partial charge on any atom is -0.445 e. The molecule has 2 rings (SSSR count). The normalized spacial score (nSPS) is 15.9. The lowest BCUT2D eigenvalue weighted by Crippen LogP contribution is -2.53. The Labute approximate surface area is 305 Å². The Kier molecular flexibility index (Phi) is 17.2. The predicted octanol–water partition coefficient (Wildman–Crippen LogP) is 1.81. The molecule has 0 aromatic heterocycles. The molecule has 16 nitrogen and oxygen atoms in total. The minimum absolute atomic E-state index is 0.0679. The smallest absolute Gasteiger partial charge is 0.410 e. The summed E-state index contributed by atoms with van der Waals surface area (Å²) >= 11 is 0. The van der Waals surface area contributed by atoms with Gasteiger partial charge in [-0.25, -0.2) is 4.79 Å². The van der Waals surface area contributed by atoms with E-state index in [0.717, 1.165) is 4.90 Å². The van der Waals surface area contributed by atoms with Crippen molar-refractivity contribution in [3.8, 4) is 0 Å². The quantitative estimate of drug-likeness (QED) is 0.0973. The Morgan fingerprint density at radius 3 is 2.13 bits per heavy atom. The summed E-state index contributed by atoms with van der Waals surface area (Å²) in [4.78, 5) is 101. The predicted molar refractivity (Wildman–Crippen MR) is 192 cm³/mol. The zero-order valence-corrected chi connectivity index (χ0v) is 31.3. The van der Waals surface area contributed by atoms with E-state index in [-0.39, 0.29) is 61.5 Å². The summed E-state index contributed by atoms with van der Waals surface area (Å²) in [6, 6.07) is 3.80. The Balaban J connectivity index is 1.76. The summed E-state index contributed by atoms with van der Waals surface area (Å²) in [7, 11) is 1.44. The van der Waals surface area contributed by atoms with Gasteiger partial charge in [0.05, 0.1) is 6.54 Å². The third-order valence-corrected chi connectivity index (χ3v) is 8.52. The van der Waals surface area contributed by atoms with Crippen LogP contribution in [0.4, 0.5) is 10.5 Å². The van der Waals surface area contributed by atoms with Crippen molar-refractivity contribution in [2.75, 3.05) is 25.5 Å². The van der Waals surface area contributed by atoms with Crippen molar-refractivity contribution in [1.82, 2.24) is 25.8 Å². The maximum Gasteiger partial charge on any atom is 0.410 e. The van der Waals surface area contributed by atoms with E-state index < -0.39 is 47.8 Å². The van der Waals surface area contributed by atoms with Crippen LogP contribution in [0, 0.1) is 17.8 Å². The van der Waals surface area contributed by atoms with Crippen molar-refractivity contribution in [1.29, 1.82) is 0 Å². The number of hydrogen-bond acceptors (Lipinski definition) is 9. The van der Waals surface area contributed by atoms with Crippen molar-refractivity contribution in [2.24, 2.45) is 23.5 Å². The van der Waals surface area contributed by atoms with Crippen LogP contribution < -0.4 is 27.0 Å². The molecule has 288 valence electrons. The van der Waals surface area contributed by atoms with Crippen LogP contribution in [0.3, 0.4) is 0 Å². The number of nitrogens with zero attached hydrogens (tertiary/aromatic N) is 2. The Morgan fingerprint density at radius 2 is 1.58 bits per heavy atom. The highest BCUT2D eigenvalue weighted by molar-refractivity contribution is 6.03. The van der Waals surface area contributed by atoms with Gasteiger partial charge in [0.25, 0.3) is 0 Å². The number of primary amides is 1. The van der Waals surface area contributed by atoms with Crippen LogP contribution in [0.15, 0.2) is 24.3 Å². The molecule has 1 aliphatic rings. The van der Waals surface area contributed by atoms with Gasteiger partial charge in [0, 0.05) is 38.0 Å². The van der Waals surface area contributed by atoms with Gasteiger partial charge in [-0.2, -0.15) is 0 Å². The lowest BCUT2D eigenvalue weighted by Gasteiger charge is -2.27. The van der Waals surface area contributed by atoms with Crippen molar-refractivity contribution in [3.63, 3.8) is 0 Å². The number of nitrogens with one attached hydrogen (secondary N) is 4. The zero-order valence-electron chi connectivity index (χ0n) is 31.3. The highest BCUT2D eigenvalue weighted by atomic mass is 16.6. The fourth-order valence-corrected chi connectivity index (χ4v) is 5.70. The number of anilines is 1. The molecule has 0 aliphatic carbocycles. The molecule has 1 heterocycles. The molecule has 1 saturated heterocycles. The largest absolute Gasteiger partial charge is 0.445 e. The molecule has 0 bridgehead atoms. The number of carbonyl (C=O) groups excluding carboxylic acids is 8. The number of rotatable bonds is 20. The van der Waals surface area contributed by atoms with E-state index in [1.165, 1.54) is 18.9 Å². The summed E-state index contributed by atoms with van der Waals surface area (Å²) in [5.41, 5.74) is 6.46. The third-order valence-electron chi connectivity index (χ3n) is 8.52. The third kappa shape index (κ3) is 13.9. The van der Waals surface area contributed by atoms with Gasteiger partial charge in [-0.3, -0.25) is 43.4 Å². The first kappa shape index (κ1) is 43.1. The summed E-state index contributed by atoms with van der Waals surface area (Å²) in [5.74, 6) is -3.34. The molecule has 0 radical (unpaired) electrons. The van der Waals surface area contributed by atoms with Gasteiger partial charge in [-0.1, -0.05) is 53.2 Å². The van der Waals surface area contributed by atoms with Gasteiger partial charge in [-0.15, -0.1) is 0 Å². The summed E-state index contributed by atoms with van der Waals surface area (Å²) in [6.45, 7) is 10.4. The van der Waals surface area contributed by atoms with Gasteiger partial charge in [0.1, 0.15) is 24.7 Å². The topological polar surface area (TPSA) is 226 Å². The van der Waals surface area contributed by atoms with E-state index in [4.69, 9.17) is 10.5 Å². The van der Waals surface area contributed by atoms with Crippen molar-refractivity contribution in [2.45, 2.75) is 105 Å². The summed E-state index contributed by atoms with van der Waals surface area (Å²) in [6.07, 6.45) is 1.77. The van der Waals surface area contributed by atoms with Crippen LogP contribution in [0.5, 0.6) is 0 Å². The number of unbranched alkanes of at least 4 members (excludes halogenated alkanes) is 2. The molecule has 1 aromatic rings. The van der Waals surface area contributed by atoms with E-state index in [1.807, 2.05) is 13.8 Å². The fourth-order valence-electron chi connectivity index (χ4n) is 5.70. The molecule has 4 unspecified atom stereocenters. The lowest BCUT2D eigenvalue weighted by atomic mass is 10.0. The van der Waals surface area contributed by atoms with E-state index in [9.17, 15) is 38.4 Å². The minimum atomic E-state index is -0.995. The maximum absolute atomic E-state index is 13.0. The molecular formula is C36H55N7O9. The van der Waals surface area contributed by atoms with Gasteiger partial charge >= 0.3 is 6.09 Å². The average Bonchev–Trinajstić information content (AvgIpc) is 3.31. The van der Waals surface area contributed by atoms with E-state index in [0.29, 0.717) is 43.5 Å². The summed E-state index contributed by atoms with van der Waals surface area (Å²) in [5, 5.41) is 10.5. The van der Waals surface area contributed by atoms with Gasteiger partial charge < -0.3 is 31.7 Å². The highest BCUT2D eigenvalue weighted by Crippen LogP contribution is 2.19. The zero-order chi connectivity index (χ0) is 39.1. The second kappa shape index (κ2) is 20.7. The number of nitrogens with two attached hydrogens (primary N) is 1. The first-order chi connectivity index (χ1) is 24.4. The Bertz CT molecular complexity index is 1450. The standard InChI is InChI=1S/C36H55N7O9/c1-21(2)17-27(41-28(44)11-9-8-10-16-43-30(46)18-23(5)35(43)50)34(49)39-24(6)33(48)38-19-29(45)40-26-14-12-25(13-15-26)20-52-36(51)42(7)31(22(3)4)32(37)47/h12-15,21-24,27,31H,8-11,16-20H2,1-7H3,(H2,37,47)(H,38,48)(H,39,49)(H,40,45)(H,41,44). The van der Waals surface area contributed by atoms with Crippen LogP contribution in [-0.4, -0.2) is 95.5 Å². The van der Waals surface area contributed by atoms with Crippen LogP contribution in [0.2, 0.25) is 0 Å². The Morgan fingerprint density at radius 1 is 0.923 bits per heavy atom. The first-order valence-corrected chi connectivity index (χ1v) is 17.7. The molecule has 4 atom stereocenters. The fraction of sp³-hybridized carbons (Fsp3) is 0.611. The summed E-state index contributed by atoms with van der Waals surface area (Å²) < 4.78 is 5.28. The maximum atomic E-state index is 13.0. The van der Waals surface area contributed by atoms with Crippen molar-refractivity contribution >= 4 is 53.1 Å². The average molecular weight is 730 g/mol. The number of carbonyl (C=O) groups is 8. The van der Waals surface area contributed by atoms with Crippen molar-refractivity contribution in [3.05, 3.63) is 29.8 Å². The molecular weight excluding hydrogens is 674 g/mol. The number of hydrogen-bond donors (Lipinski definition) is 5. The van der Waals surface area contributed by atoms with Gasteiger partial charge in [0.2, 0.25) is 41.4 Å². The van der Waals surface area contributed by atoms with Crippen molar-refractivity contribution < 1.29 is 43.1 Å². The Hall–Kier alpha value is -5.02. The van der Waals surface area contributed by atoms with Gasteiger partial charge in [-0.05, 0) is 55.7 Å². The monoisotopic (exact) mass is 729 g/mol. The van der Waals surface area contributed by atoms with Crippen LogP contribution in [-0.2, 0) is 44.9 Å². The molecule has 6 N–H and O–H groups in total. The van der Waals surface area contributed by atoms with Gasteiger partial charge in [0.15, 0.2) is 0 Å². The molecule has 0 spiro atoms. The van der Waals surface area contributed by atoms with Crippen LogP contribution >= 0.6 is 0 Å². The van der Waals surface area contributed by atoms with E-state index in [2.05, 4.69) is 21.3 Å². The second-order valence-electron chi connectivity index (χ2n) is 14.0.